The largest absolute Gasteiger partial charge is 0.392 e. The van der Waals surface area contributed by atoms with E-state index in [1.54, 1.807) is 11.3 Å². The van der Waals surface area contributed by atoms with Crippen molar-refractivity contribution in [1.82, 2.24) is 19.7 Å². The molecule has 0 bridgehead atoms. The van der Waals surface area contributed by atoms with Gasteiger partial charge in [-0.25, -0.2) is 0 Å². The van der Waals surface area contributed by atoms with Crippen molar-refractivity contribution >= 4 is 34.4 Å². The number of amides is 1. The average Bonchev–Trinajstić information content (AvgIpc) is 3.55. The number of anilines is 3. The Morgan fingerprint density at radius 2 is 1.90 bits per heavy atom. The van der Waals surface area contributed by atoms with Crippen LogP contribution < -0.4 is 15.8 Å². The van der Waals surface area contributed by atoms with Crippen molar-refractivity contribution in [2.75, 3.05) is 30.4 Å². The van der Waals surface area contributed by atoms with Gasteiger partial charge < -0.3 is 20.3 Å². The quantitative estimate of drug-likeness (QED) is 0.329. The normalized spacial score (nSPS) is 16.9. The number of rotatable bonds is 5. The summed E-state index contributed by atoms with van der Waals surface area (Å²) in [5, 5.41) is 18.5. The highest BCUT2D eigenvalue weighted by Gasteiger charge is 2.33. The lowest BCUT2D eigenvalue weighted by atomic mass is 9.91. The summed E-state index contributed by atoms with van der Waals surface area (Å²) in [5.41, 5.74) is 7.56. The molecule has 3 N–H and O–H groups in total. The molecule has 0 unspecified atom stereocenters. The first kappa shape index (κ1) is 26.2. The number of likely N-dealkylation sites (N-methyl/N-ethyl adjacent to an activating group) is 1. The Balaban J connectivity index is 1.24. The Hall–Kier alpha value is -3.73. The van der Waals surface area contributed by atoms with Crippen LogP contribution in [0.1, 0.15) is 55.5 Å². The van der Waals surface area contributed by atoms with Gasteiger partial charge in [-0.05, 0) is 74.9 Å². The molecule has 10 heteroatoms. The second-order valence-corrected chi connectivity index (χ2v) is 12.4. The molecule has 41 heavy (non-hydrogen) atoms. The molecule has 4 aromatic rings. The molecule has 0 spiro atoms. The molecule has 5 heterocycles. The highest BCUT2D eigenvalue weighted by atomic mass is 32.1. The molecule has 3 aromatic heterocycles. The molecule has 9 nitrogen and oxygen atoms in total. The summed E-state index contributed by atoms with van der Waals surface area (Å²) in [5.74, 6) is 0.646. The number of H-pyrrole nitrogens is 1. The van der Waals surface area contributed by atoms with E-state index in [0.717, 1.165) is 66.3 Å². The van der Waals surface area contributed by atoms with Crippen molar-refractivity contribution in [3.8, 4) is 11.1 Å². The number of hydrogen-bond acceptors (Lipinski definition) is 7. The number of aryl methyl sites for hydroxylation is 2. The third-order valence-corrected chi connectivity index (χ3v) is 10.0. The van der Waals surface area contributed by atoms with E-state index in [9.17, 15) is 14.7 Å². The second-order valence-electron chi connectivity index (χ2n) is 11.3. The number of aliphatic hydroxyl groups is 1. The van der Waals surface area contributed by atoms with E-state index in [1.165, 1.54) is 28.8 Å². The zero-order chi connectivity index (χ0) is 28.2. The maximum Gasteiger partial charge on any atom is 0.271 e. The van der Waals surface area contributed by atoms with Crippen LogP contribution >= 0.6 is 11.3 Å². The van der Waals surface area contributed by atoms with Crippen LogP contribution in [-0.2, 0) is 39.0 Å². The number of benzene rings is 1. The fourth-order valence-corrected chi connectivity index (χ4v) is 7.97. The standard InChI is InChI=1S/C31H34N6O3S/c1-18-23(15-25(30(39)32-18)33-28-14-19-16-35(2)12-13-37(19)34-28)20-7-5-8-26(24(20)17-38)36-11-10-22-21-6-3-4-9-27(21)41-29(22)31(36)40/h5,7-8,14-15,38H,3-4,6,9-13,16-17H2,1-2H3,(H,32,39)(H,33,34). The lowest BCUT2D eigenvalue weighted by molar-refractivity contribution is 0.0984. The number of aromatic amines is 1. The van der Waals surface area contributed by atoms with Gasteiger partial charge in [0.2, 0.25) is 0 Å². The van der Waals surface area contributed by atoms with Gasteiger partial charge in [0.25, 0.3) is 11.5 Å². The highest BCUT2D eigenvalue weighted by Crippen LogP contribution is 2.40. The molecular formula is C31H34N6O3S. The van der Waals surface area contributed by atoms with Crippen LogP contribution in [0.25, 0.3) is 11.1 Å². The van der Waals surface area contributed by atoms with Gasteiger partial charge in [-0.2, -0.15) is 5.10 Å². The molecule has 0 saturated carbocycles. The summed E-state index contributed by atoms with van der Waals surface area (Å²) in [4.78, 5) is 36.1. The van der Waals surface area contributed by atoms with Crippen molar-refractivity contribution in [3.05, 3.63) is 78.5 Å². The molecule has 1 amide bonds. The number of hydrogen-bond donors (Lipinski definition) is 3. The Labute approximate surface area is 242 Å². The number of aromatic nitrogens is 3. The molecule has 0 radical (unpaired) electrons. The Bertz CT molecular complexity index is 1730. The highest BCUT2D eigenvalue weighted by molar-refractivity contribution is 7.14. The summed E-state index contributed by atoms with van der Waals surface area (Å²) in [7, 11) is 2.08. The van der Waals surface area contributed by atoms with E-state index in [4.69, 9.17) is 0 Å². The van der Waals surface area contributed by atoms with Gasteiger partial charge in [-0.1, -0.05) is 12.1 Å². The Morgan fingerprint density at radius 1 is 1.05 bits per heavy atom. The molecule has 212 valence electrons. The number of aliphatic hydroxyl groups excluding tert-OH is 1. The summed E-state index contributed by atoms with van der Waals surface area (Å²) in [6.45, 7) is 4.75. The van der Waals surface area contributed by atoms with Crippen LogP contribution in [0.2, 0.25) is 0 Å². The van der Waals surface area contributed by atoms with E-state index < -0.39 is 0 Å². The van der Waals surface area contributed by atoms with Crippen LogP contribution in [0.5, 0.6) is 0 Å². The van der Waals surface area contributed by atoms with E-state index in [1.807, 2.05) is 46.8 Å². The predicted molar refractivity (Wildman–Crippen MR) is 161 cm³/mol. The number of thiophene rings is 1. The first-order chi connectivity index (χ1) is 19.9. The minimum atomic E-state index is -0.239. The van der Waals surface area contributed by atoms with Gasteiger partial charge in [0.15, 0.2) is 5.82 Å². The number of nitrogens with zero attached hydrogens (tertiary/aromatic N) is 4. The lowest BCUT2D eigenvalue weighted by Gasteiger charge is -2.30. The fourth-order valence-electron chi connectivity index (χ4n) is 6.58. The number of carbonyl (C=O) groups excluding carboxylic acids is 1. The molecular weight excluding hydrogens is 536 g/mol. The molecule has 0 fully saturated rings. The van der Waals surface area contributed by atoms with Gasteiger partial charge >= 0.3 is 0 Å². The third-order valence-electron chi connectivity index (χ3n) is 8.69. The van der Waals surface area contributed by atoms with Crippen LogP contribution in [0.4, 0.5) is 17.2 Å². The van der Waals surface area contributed by atoms with Crippen LogP contribution in [0.15, 0.2) is 35.1 Å². The number of pyridine rings is 1. The van der Waals surface area contributed by atoms with Gasteiger partial charge in [0.05, 0.1) is 29.4 Å². The maximum atomic E-state index is 13.8. The van der Waals surface area contributed by atoms with E-state index >= 15 is 0 Å². The monoisotopic (exact) mass is 570 g/mol. The zero-order valence-corrected chi connectivity index (χ0v) is 24.2. The summed E-state index contributed by atoms with van der Waals surface area (Å²) in [6.07, 6.45) is 5.36. The van der Waals surface area contributed by atoms with Crippen LogP contribution in [-0.4, -0.2) is 50.8 Å². The summed E-state index contributed by atoms with van der Waals surface area (Å²) in [6, 6.07) is 9.57. The van der Waals surface area contributed by atoms with Crippen molar-refractivity contribution in [2.45, 2.75) is 58.7 Å². The van der Waals surface area contributed by atoms with Crippen molar-refractivity contribution < 1.29 is 9.90 Å². The molecule has 1 aliphatic carbocycles. The van der Waals surface area contributed by atoms with Crippen molar-refractivity contribution in [2.24, 2.45) is 0 Å². The average molecular weight is 571 g/mol. The number of fused-ring (bicyclic) bond motifs is 4. The molecule has 2 aliphatic heterocycles. The zero-order valence-electron chi connectivity index (χ0n) is 23.4. The minimum Gasteiger partial charge on any atom is -0.392 e. The smallest absolute Gasteiger partial charge is 0.271 e. The van der Waals surface area contributed by atoms with Gasteiger partial charge in [0, 0.05) is 47.4 Å². The maximum absolute atomic E-state index is 13.8. The second kappa shape index (κ2) is 10.3. The summed E-state index contributed by atoms with van der Waals surface area (Å²) >= 11 is 1.66. The predicted octanol–water partition coefficient (Wildman–Crippen LogP) is 4.37. The van der Waals surface area contributed by atoms with Crippen LogP contribution in [0.3, 0.4) is 0 Å². The van der Waals surface area contributed by atoms with Gasteiger partial charge in [0.1, 0.15) is 5.69 Å². The number of nitrogens with one attached hydrogen (secondary N) is 2. The topological polar surface area (TPSA) is 106 Å². The Kier molecular flexibility index (Phi) is 6.56. The molecule has 3 aliphatic rings. The third kappa shape index (κ3) is 4.50. The van der Waals surface area contributed by atoms with Crippen molar-refractivity contribution in [3.63, 3.8) is 0 Å². The van der Waals surface area contributed by atoms with Crippen LogP contribution in [0, 0.1) is 6.92 Å². The molecule has 1 aromatic carbocycles. The first-order valence-corrected chi connectivity index (χ1v) is 15.2. The minimum absolute atomic E-state index is 0.0208. The Morgan fingerprint density at radius 3 is 2.76 bits per heavy atom. The van der Waals surface area contributed by atoms with Crippen molar-refractivity contribution in [1.29, 1.82) is 0 Å². The SMILES string of the molecule is Cc1[nH]c(=O)c(Nc2cc3n(n2)CCN(C)C3)cc1-c1cccc(N2CCc3c(sc4c3CCCC4)C2=O)c1CO. The summed E-state index contributed by atoms with van der Waals surface area (Å²) < 4.78 is 1.98. The van der Waals surface area contributed by atoms with E-state index in [-0.39, 0.29) is 18.1 Å². The van der Waals surface area contributed by atoms with Gasteiger partial charge in [-0.15, -0.1) is 11.3 Å². The van der Waals surface area contributed by atoms with Gasteiger partial charge in [-0.3, -0.25) is 19.2 Å². The first-order valence-electron chi connectivity index (χ1n) is 14.4. The fraction of sp³-hybridized carbons (Fsp3) is 0.387. The van der Waals surface area contributed by atoms with E-state index in [0.29, 0.717) is 29.3 Å². The lowest BCUT2D eigenvalue weighted by Crippen LogP contribution is -2.37. The van der Waals surface area contributed by atoms with E-state index in [2.05, 4.69) is 27.3 Å². The number of carbonyl (C=O) groups is 1. The molecule has 7 rings (SSSR count). The molecule has 0 atom stereocenters. The molecule has 0 saturated heterocycles.